The number of rotatable bonds is 5. The minimum absolute atomic E-state index is 0.534. The summed E-state index contributed by atoms with van der Waals surface area (Å²) in [4.78, 5) is 11.2. The van der Waals surface area contributed by atoms with E-state index in [1.807, 2.05) is 30.3 Å². The van der Waals surface area contributed by atoms with Crippen molar-refractivity contribution in [3.05, 3.63) is 65.8 Å². The van der Waals surface area contributed by atoms with E-state index in [0.29, 0.717) is 11.0 Å². The number of anilines is 5. The normalized spacial score (nSPS) is 14.0. The molecule has 0 aliphatic carbocycles. The molecule has 2 aromatic carbocycles. The van der Waals surface area contributed by atoms with Crippen molar-refractivity contribution in [1.29, 1.82) is 0 Å². The monoisotopic (exact) mass is 379 g/mol. The Bertz CT molecular complexity index is 874. The molecule has 0 bridgehead atoms. The quantitative estimate of drug-likeness (QED) is 0.603. The Morgan fingerprint density at radius 3 is 2.19 bits per heavy atom. The molecule has 1 fully saturated rings. The van der Waals surface area contributed by atoms with Crippen LogP contribution < -0.4 is 15.5 Å². The molecule has 1 aromatic heterocycles. The standard InChI is InChI=1S/C21H22ClN5/c22-16-4-6-18(7-5-16)25-21-23-13-12-20(26-21)24-17-8-10-19(11-9-17)27-14-2-1-3-15-27/h4-13H,1-3,14-15H2,(H2,23,24,25,26). The van der Waals surface area contributed by atoms with E-state index in [1.54, 1.807) is 6.20 Å². The third kappa shape index (κ3) is 4.68. The molecule has 2 heterocycles. The number of nitrogens with one attached hydrogen (secondary N) is 2. The van der Waals surface area contributed by atoms with Crippen molar-refractivity contribution in [1.82, 2.24) is 9.97 Å². The van der Waals surface area contributed by atoms with Gasteiger partial charge < -0.3 is 15.5 Å². The Hall–Kier alpha value is -2.79. The van der Waals surface area contributed by atoms with Crippen LogP contribution in [0, 0.1) is 0 Å². The molecule has 1 aliphatic heterocycles. The van der Waals surface area contributed by atoms with Crippen molar-refractivity contribution < 1.29 is 0 Å². The molecule has 0 atom stereocenters. The van der Waals surface area contributed by atoms with Gasteiger partial charge in [0.25, 0.3) is 0 Å². The van der Waals surface area contributed by atoms with E-state index < -0.39 is 0 Å². The molecule has 138 valence electrons. The van der Waals surface area contributed by atoms with Crippen LogP contribution in [-0.2, 0) is 0 Å². The Morgan fingerprint density at radius 1 is 0.778 bits per heavy atom. The van der Waals surface area contributed by atoms with E-state index >= 15 is 0 Å². The number of piperidine rings is 1. The van der Waals surface area contributed by atoms with Gasteiger partial charge in [-0.05, 0) is 73.9 Å². The van der Waals surface area contributed by atoms with Gasteiger partial charge in [0.2, 0.25) is 5.95 Å². The molecule has 0 amide bonds. The maximum atomic E-state index is 5.92. The second kappa shape index (κ2) is 8.27. The van der Waals surface area contributed by atoms with Crippen molar-refractivity contribution in [2.75, 3.05) is 28.6 Å². The van der Waals surface area contributed by atoms with Gasteiger partial charge in [0, 0.05) is 41.4 Å². The predicted molar refractivity (Wildman–Crippen MR) is 113 cm³/mol. The summed E-state index contributed by atoms with van der Waals surface area (Å²) < 4.78 is 0. The highest BCUT2D eigenvalue weighted by molar-refractivity contribution is 6.30. The highest BCUT2D eigenvalue weighted by atomic mass is 35.5. The van der Waals surface area contributed by atoms with Gasteiger partial charge in [-0.25, -0.2) is 4.98 Å². The van der Waals surface area contributed by atoms with Crippen LogP contribution in [0.3, 0.4) is 0 Å². The second-order valence-electron chi connectivity index (χ2n) is 6.62. The van der Waals surface area contributed by atoms with E-state index in [2.05, 4.69) is 49.8 Å². The summed E-state index contributed by atoms with van der Waals surface area (Å²) in [6.45, 7) is 2.30. The van der Waals surface area contributed by atoms with Crippen molar-refractivity contribution in [3.63, 3.8) is 0 Å². The minimum atomic E-state index is 0.534. The van der Waals surface area contributed by atoms with Crippen molar-refractivity contribution in [3.8, 4) is 0 Å². The maximum Gasteiger partial charge on any atom is 0.229 e. The third-order valence-electron chi connectivity index (χ3n) is 4.62. The summed E-state index contributed by atoms with van der Waals surface area (Å²) in [5.41, 5.74) is 3.18. The average Bonchev–Trinajstić information content (AvgIpc) is 2.71. The molecular weight excluding hydrogens is 358 g/mol. The molecule has 0 radical (unpaired) electrons. The lowest BCUT2D eigenvalue weighted by Gasteiger charge is -2.28. The van der Waals surface area contributed by atoms with Gasteiger partial charge in [0.1, 0.15) is 5.82 Å². The zero-order valence-corrected chi connectivity index (χ0v) is 15.8. The lowest BCUT2D eigenvalue weighted by Crippen LogP contribution is -2.29. The molecule has 6 heteroatoms. The topological polar surface area (TPSA) is 53.1 Å². The molecule has 0 spiro atoms. The van der Waals surface area contributed by atoms with Gasteiger partial charge in [-0.15, -0.1) is 0 Å². The lowest BCUT2D eigenvalue weighted by molar-refractivity contribution is 0.578. The number of hydrogen-bond donors (Lipinski definition) is 2. The zero-order chi connectivity index (χ0) is 18.5. The van der Waals surface area contributed by atoms with Crippen molar-refractivity contribution >= 4 is 40.4 Å². The summed E-state index contributed by atoms with van der Waals surface area (Å²) in [5.74, 6) is 1.28. The summed E-state index contributed by atoms with van der Waals surface area (Å²) >= 11 is 5.92. The molecule has 1 saturated heterocycles. The van der Waals surface area contributed by atoms with Crippen LogP contribution in [0.2, 0.25) is 5.02 Å². The maximum absolute atomic E-state index is 5.92. The fourth-order valence-electron chi connectivity index (χ4n) is 3.21. The summed E-state index contributed by atoms with van der Waals surface area (Å²) in [6, 6.07) is 17.8. The van der Waals surface area contributed by atoms with Gasteiger partial charge in [-0.2, -0.15) is 4.98 Å². The van der Waals surface area contributed by atoms with Crippen LogP contribution in [0.25, 0.3) is 0 Å². The molecule has 0 unspecified atom stereocenters. The van der Waals surface area contributed by atoms with Crippen molar-refractivity contribution in [2.45, 2.75) is 19.3 Å². The van der Waals surface area contributed by atoms with Crippen LogP contribution in [0.15, 0.2) is 60.8 Å². The molecule has 0 saturated carbocycles. The van der Waals surface area contributed by atoms with E-state index in [4.69, 9.17) is 11.6 Å². The Labute approximate surface area is 164 Å². The first-order valence-electron chi connectivity index (χ1n) is 9.24. The van der Waals surface area contributed by atoms with Gasteiger partial charge in [0.05, 0.1) is 0 Å². The molecule has 2 N–H and O–H groups in total. The Balaban J connectivity index is 1.42. The lowest BCUT2D eigenvalue weighted by atomic mass is 10.1. The molecule has 27 heavy (non-hydrogen) atoms. The number of halogens is 1. The number of nitrogens with zero attached hydrogens (tertiary/aromatic N) is 3. The van der Waals surface area contributed by atoms with Gasteiger partial charge in [-0.3, -0.25) is 0 Å². The SMILES string of the molecule is Clc1ccc(Nc2nccc(Nc3ccc(N4CCCCC4)cc3)n2)cc1. The van der Waals surface area contributed by atoms with Crippen LogP contribution >= 0.6 is 11.6 Å². The van der Waals surface area contributed by atoms with Crippen LogP contribution in [0.5, 0.6) is 0 Å². The predicted octanol–water partition coefficient (Wildman–Crippen LogP) is 5.61. The van der Waals surface area contributed by atoms with Crippen LogP contribution in [0.1, 0.15) is 19.3 Å². The second-order valence-corrected chi connectivity index (χ2v) is 7.05. The highest BCUT2D eigenvalue weighted by Crippen LogP contribution is 2.24. The fraction of sp³-hybridized carbons (Fsp3) is 0.238. The van der Waals surface area contributed by atoms with Gasteiger partial charge >= 0.3 is 0 Å². The largest absolute Gasteiger partial charge is 0.372 e. The average molecular weight is 380 g/mol. The number of hydrogen-bond acceptors (Lipinski definition) is 5. The van der Waals surface area contributed by atoms with Crippen LogP contribution in [0.4, 0.5) is 28.8 Å². The first-order valence-corrected chi connectivity index (χ1v) is 9.62. The van der Waals surface area contributed by atoms with E-state index in [-0.39, 0.29) is 0 Å². The molecular formula is C21H22ClN5. The zero-order valence-electron chi connectivity index (χ0n) is 15.0. The van der Waals surface area contributed by atoms with Crippen LogP contribution in [-0.4, -0.2) is 23.1 Å². The summed E-state index contributed by atoms with van der Waals surface area (Å²) in [7, 11) is 0. The molecule has 4 rings (SSSR count). The van der Waals surface area contributed by atoms with E-state index in [1.165, 1.54) is 24.9 Å². The van der Waals surface area contributed by atoms with E-state index in [0.717, 1.165) is 30.3 Å². The summed E-state index contributed by atoms with van der Waals surface area (Å²) in [6.07, 6.45) is 5.64. The highest BCUT2D eigenvalue weighted by Gasteiger charge is 2.10. The number of aromatic nitrogens is 2. The smallest absolute Gasteiger partial charge is 0.229 e. The van der Waals surface area contributed by atoms with Crippen molar-refractivity contribution in [2.24, 2.45) is 0 Å². The first kappa shape index (κ1) is 17.6. The third-order valence-corrected chi connectivity index (χ3v) is 4.87. The molecule has 3 aromatic rings. The first-order chi connectivity index (χ1) is 13.3. The minimum Gasteiger partial charge on any atom is -0.372 e. The molecule has 5 nitrogen and oxygen atoms in total. The molecule has 1 aliphatic rings. The van der Waals surface area contributed by atoms with Gasteiger partial charge in [0.15, 0.2) is 0 Å². The van der Waals surface area contributed by atoms with E-state index in [9.17, 15) is 0 Å². The number of benzene rings is 2. The Kier molecular flexibility index (Phi) is 5.39. The summed E-state index contributed by atoms with van der Waals surface area (Å²) in [5, 5.41) is 7.22. The fourth-order valence-corrected chi connectivity index (χ4v) is 3.33. The van der Waals surface area contributed by atoms with Gasteiger partial charge in [-0.1, -0.05) is 11.6 Å². The Morgan fingerprint density at radius 2 is 1.44 bits per heavy atom.